The lowest BCUT2D eigenvalue weighted by Crippen LogP contribution is -2.04. The van der Waals surface area contributed by atoms with Gasteiger partial charge in [-0.1, -0.05) is 35.5 Å². The minimum atomic E-state index is -0.00186. The van der Waals surface area contributed by atoms with Gasteiger partial charge in [0.05, 0.1) is 5.25 Å². The second-order valence-corrected chi connectivity index (χ2v) is 9.67. The minimum absolute atomic E-state index is 0.00186. The molecule has 1 aliphatic rings. The van der Waals surface area contributed by atoms with E-state index in [2.05, 4.69) is 56.3 Å². The Bertz CT molecular complexity index is 1100. The number of benzene rings is 1. The van der Waals surface area contributed by atoms with Gasteiger partial charge in [0.2, 0.25) is 11.8 Å². The molecule has 0 saturated heterocycles. The van der Waals surface area contributed by atoms with Crippen LogP contribution in [0, 0.1) is 6.92 Å². The van der Waals surface area contributed by atoms with Crippen molar-refractivity contribution in [2.75, 3.05) is 0 Å². The first-order valence-corrected chi connectivity index (χ1v) is 11.5. The molecule has 6 nitrogen and oxygen atoms in total. The maximum absolute atomic E-state index is 5.95. The van der Waals surface area contributed by atoms with Crippen LogP contribution in [-0.4, -0.2) is 25.0 Å². The van der Waals surface area contributed by atoms with Gasteiger partial charge in [-0.25, -0.2) is 0 Å². The largest absolute Gasteiger partial charge is 0.419 e. The monoisotopic (exact) mass is 423 g/mol. The summed E-state index contributed by atoms with van der Waals surface area (Å²) in [6, 6.07) is 12.8. The lowest BCUT2D eigenvalue weighted by atomic mass is 10.1. The van der Waals surface area contributed by atoms with Crippen LogP contribution >= 0.6 is 23.1 Å². The average molecular weight is 424 g/mol. The molecule has 1 fully saturated rings. The molecule has 5 rings (SSSR count). The van der Waals surface area contributed by atoms with Crippen molar-refractivity contribution in [1.29, 1.82) is 0 Å². The highest BCUT2D eigenvalue weighted by atomic mass is 32.2. The number of hydrogen-bond acceptors (Lipinski definition) is 7. The van der Waals surface area contributed by atoms with Crippen molar-refractivity contribution in [1.82, 2.24) is 25.0 Å². The second-order valence-electron chi connectivity index (χ2n) is 7.33. The molecule has 0 aliphatic heterocycles. The predicted molar refractivity (Wildman–Crippen MR) is 114 cm³/mol. The first kappa shape index (κ1) is 18.6. The van der Waals surface area contributed by atoms with E-state index in [0.29, 0.717) is 17.8 Å². The van der Waals surface area contributed by atoms with E-state index in [9.17, 15) is 0 Å². The normalized spacial score (nSPS) is 15.0. The van der Waals surface area contributed by atoms with Crippen molar-refractivity contribution in [3.8, 4) is 11.5 Å². The summed E-state index contributed by atoms with van der Waals surface area (Å²) >= 11 is 3.39. The molecular formula is C21H21N5OS2. The van der Waals surface area contributed by atoms with Crippen LogP contribution in [0.3, 0.4) is 0 Å². The number of thioether (sulfide) groups is 1. The molecule has 148 valence electrons. The van der Waals surface area contributed by atoms with Crippen molar-refractivity contribution in [3.05, 3.63) is 63.9 Å². The number of rotatable bonds is 7. The summed E-state index contributed by atoms with van der Waals surface area (Å²) in [5, 5.41) is 20.5. The van der Waals surface area contributed by atoms with E-state index in [-0.39, 0.29) is 5.25 Å². The Balaban J connectivity index is 1.35. The molecule has 4 aromatic rings. The Morgan fingerprint density at radius 2 is 1.97 bits per heavy atom. The van der Waals surface area contributed by atoms with Crippen LogP contribution in [0.1, 0.15) is 53.2 Å². The standard InChI is InChI=1S/C21H21N5OS2/c1-13-5-7-15(8-6-13)20-24-23-19(27-20)14(2)29-21-25-22-18(26(21)16-9-10-16)12-17-4-3-11-28-17/h3-8,11,14,16H,9-10,12H2,1-2H3/t14-/m1/s1. The Morgan fingerprint density at radius 3 is 2.69 bits per heavy atom. The third kappa shape index (κ3) is 4.00. The van der Waals surface area contributed by atoms with Gasteiger partial charge in [0.15, 0.2) is 5.16 Å². The maximum atomic E-state index is 5.95. The summed E-state index contributed by atoms with van der Waals surface area (Å²) in [4.78, 5) is 1.31. The van der Waals surface area contributed by atoms with Crippen molar-refractivity contribution < 1.29 is 4.42 Å². The quantitative estimate of drug-likeness (QED) is 0.367. The highest BCUT2D eigenvalue weighted by molar-refractivity contribution is 7.99. The molecule has 1 aliphatic carbocycles. The fourth-order valence-electron chi connectivity index (χ4n) is 3.20. The zero-order chi connectivity index (χ0) is 19.8. The molecule has 0 spiro atoms. The van der Waals surface area contributed by atoms with Crippen LogP contribution in [-0.2, 0) is 6.42 Å². The van der Waals surface area contributed by atoms with Gasteiger partial charge in [-0.15, -0.1) is 31.7 Å². The fraction of sp³-hybridized carbons (Fsp3) is 0.333. The Morgan fingerprint density at radius 1 is 1.14 bits per heavy atom. The number of aromatic nitrogens is 5. The summed E-state index contributed by atoms with van der Waals surface area (Å²) < 4.78 is 8.26. The fourth-order valence-corrected chi connectivity index (χ4v) is 4.87. The number of thiophene rings is 1. The van der Waals surface area contributed by atoms with Crippen LogP contribution in [0.15, 0.2) is 51.4 Å². The Hall–Kier alpha value is -2.45. The van der Waals surface area contributed by atoms with Crippen LogP contribution in [0.25, 0.3) is 11.5 Å². The van der Waals surface area contributed by atoms with Crippen LogP contribution in [0.5, 0.6) is 0 Å². The smallest absolute Gasteiger partial charge is 0.247 e. The Labute approximate surface area is 177 Å². The van der Waals surface area contributed by atoms with Gasteiger partial charge in [-0.2, -0.15) is 0 Å². The van der Waals surface area contributed by atoms with Gasteiger partial charge in [0, 0.05) is 22.9 Å². The summed E-state index contributed by atoms with van der Waals surface area (Å²) in [6.07, 6.45) is 3.21. The summed E-state index contributed by atoms with van der Waals surface area (Å²) in [5.74, 6) is 2.20. The van der Waals surface area contributed by atoms with Crippen molar-refractivity contribution in [3.63, 3.8) is 0 Å². The van der Waals surface area contributed by atoms with Gasteiger partial charge in [-0.3, -0.25) is 0 Å². The molecule has 1 aromatic carbocycles. The second kappa shape index (κ2) is 7.76. The van der Waals surface area contributed by atoms with E-state index in [1.165, 1.54) is 23.3 Å². The highest BCUT2D eigenvalue weighted by Gasteiger charge is 2.31. The summed E-state index contributed by atoms with van der Waals surface area (Å²) in [5.41, 5.74) is 2.14. The zero-order valence-electron chi connectivity index (χ0n) is 16.3. The molecule has 3 heterocycles. The van der Waals surface area contributed by atoms with E-state index in [1.54, 1.807) is 23.1 Å². The lowest BCUT2D eigenvalue weighted by molar-refractivity contribution is 0.508. The van der Waals surface area contributed by atoms with Crippen LogP contribution in [0.2, 0.25) is 0 Å². The van der Waals surface area contributed by atoms with Gasteiger partial charge < -0.3 is 8.98 Å². The van der Waals surface area contributed by atoms with E-state index >= 15 is 0 Å². The molecule has 0 bridgehead atoms. The van der Waals surface area contributed by atoms with E-state index in [1.807, 2.05) is 24.3 Å². The average Bonchev–Trinajstić information content (AvgIpc) is 3.13. The molecule has 0 radical (unpaired) electrons. The number of aryl methyl sites for hydroxylation is 1. The molecular weight excluding hydrogens is 402 g/mol. The van der Waals surface area contributed by atoms with E-state index in [4.69, 9.17) is 4.42 Å². The number of nitrogens with zero attached hydrogens (tertiary/aromatic N) is 5. The zero-order valence-corrected chi connectivity index (χ0v) is 17.9. The first-order valence-electron chi connectivity index (χ1n) is 9.70. The summed E-state index contributed by atoms with van der Waals surface area (Å²) in [7, 11) is 0. The van der Waals surface area contributed by atoms with Crippen LogP contribution < -0.4 is 0 Å². The molecule has 0 amide bonds. The van der Waals surface area contributed by atoms with Crippen molar-refractivity contribution in [2.24, 2.45) is 0 Å². The first-order chi connectivity index (χ1) is 14.2. The van der Waals surface area contributed by atoms with Crippen LogP contribution in [0.4, 0.5) is 0 Å². The highest BCUT2D eigenvalue weighted by Crippen LogP contribution is 2.42. The topological polar surface area (TPSA) is 69.6 Å². The molecule has 8 heteroatoms. The lowest BCUT2D eigenvalue weighted by Gasteiger charge is -2.10. The maximum Gasteiger partial charge on any atom is 0.247 e. The third-order valence-corrected chi connectivity index (χ3v) is 6.85. The molecule has 3 aromatic heterocycles. The SMILES string of the molecule is Cc1ccc(-c2nnc([C@@H](C)Sc3nnc(Cc4cccs4)n3C3CC3)o2)cc1. The summed E-state index contributed by atoms with van der Waals surface area (Å²) in [6.45, 7) is 4.13. The van der Waals surface area contributed by atoms with Gasteiger partial charge in [-0.05, 0) is 50.3 Å². The molecule has 0 unspecified atom stereocenters. The van der Waals surface area contributed by atoms with E-state index in [0.717, 1.165) is 23.0 Å². The molecule has 29 heavy (non-hydrogen) atoms. The van der Waals surface area contributed by atoms with Crippen molar-refractivity contribution in [2.45, 2.75) is 49.6 Å². The minimum Gasteiger partial charge on any atom is -0.419 e. The molecule has 1 saturated carbocycles. The van der Waals surface area contributed by atoms with E-state index < -0.39 is 0 Å². The van der Waals surface area contributed by atoms with Gasteiger partial charge >= 0.3 is 0 Å². The van der Waals surface area contributed by atoms with Gasteiger partial charge in [0.25, 0.3) is 0 Å². The molecule has 0 N–H and O–H groups in total. The predicted octanol–water partition coefficient (Wildman–Crippen LogP) is 5.48. The van der Waals surface area contributed by atoms with Crippen molar-refractivity contribution >= 4 is 23.1 Å². The molecule has 1 atom stereocenters. The third-order valence-electron chi connectivity index (χ3n) is 4.93. The number of hydrogen-bond donors (Lipinski definition) is 0. The van der Waals surface area contributed by atoms with Gasteiger partial charge in [0.1, 0.15) is 5.82 Å². The Kier molecular flexibility index (Phi) is 4.97.